The van der Waals surface area contributed by atoms with E-state index in [1.54, 1.807) is 34.1 Å². The first-order valence-corrected chi connectivity index (χ1v) is 8.94. The molecule has 8 nitrogen and oxygen atoms in total. The Morgan fingerprint density at radius 2 is 1.75 bits per heavy atom. The number of hydrogen-bond acceptors (Lipinski definition) is 6. The highest BCUT2D eigenvalue weighted by molar-refractivity contribution is 5.78. The van der Waals surface area contributed by atoms with Crippen LogP contribution in [0.3, 0.4) is 0 Å². The van der Waals surface area contributed by atoms with Crippen molar-refractivity contribution in [2.24, 2.45) is 0 Å². The second-order valence-electron chi connectivity index (χ2n) is 6.29. The zero-order valence-electron chi connectivity index (χ0n) is 15.1. The van der Waals surface area contributed by atoms with E-state index < -0.39 is 5.82 Å². The van der Waals surface area contributed by atoms with E-state index in [0.29, 0.717) is 32.0 Å². The number of rotatable bonds is 5. The Bertz CT molecular complexity index is 924. The second kappa shape index (κ2) is 8.03. The van der Waals surface area contributed by atoms with Gasteiger partial charge in [0.2, 0.25) is 0 Å². The maximum Gasteiger partial charge on any atom is 0.260 e. The standard InChI is InChI=1S/C19H19FN6O2/c20-15-4-1-2-5-16(15)28-14-19(27)25-12-10-24(11-13-25)17-6-7-18(23-22-17)26-9-3-8-21-26/h1-9H,10-14H2. The van der Waals surface area contributed by atoms with Gasteiger partial charge >= 0.3 is 0 Å². The maximum atomic E-state index is 13.6. The molecule has 3 aromatic rings. The van der Waals surface area contributed by atoms with E-state index in [0.717, 1.165) is 5.82 Å². The molecule has 1 fully saturated rings. The minimum atomic E-state index is -0.475. The number of ether oxygens (including phenoxy) is 1. The van der Waals surface area contributed by atoms with Crippen LogP contribution in [0.25, 0.3) is 5.82 Å². The molecule has 0 atom stereocenters. The Morgan fingerprint density at radius 1 is 1.00 bits per heavy atom. The van der Waals surface area contributed by atoms with Gasteiger partial charge in [0.25, 0.3) is 5.91 Å². The van der Waals surface area contributed by atoms with Gasteiger partial charge in [0.15, 0.2) is 29.8 Å². The zero-order valence-corrected chi connectivity index (χ0v) is 15.1. The SMILES string of the molecule is O=C(COc1ccccc1F)N1CCN(c2ccc(-n3cccn3)nn2)CC1. The summed E-state index contributed by atoms with van der Waals surface area (Å²) in [5.41, 5.74) is 0. The number of carbonyl (C=O) groups excluding carboxylic acids is 1. The molecule has 144 valence electrons. The van der Waals surface area contributed by atoms with Gasteiger partial charge in [-0.15, -0.1) is 10.2 Å². The van der Waals surface area contributed by atoms with Crippen molar-refractivity contribution in [1.82, 2.24) is 24.9 Å². The smallest absolute Gasteiger partial charge is 0.260 e. The molecule has 4 rings (SSSR count). The van der Waals surface area contributed by atoms with Crippen LogP contribution in [0, 0.1) is 5.82 Å². The first-order chi connectivity index (χ1) is 13.7. The molecule has 0 bridgehead atoms. The molecule has 0 aliphatic carbocycles. The van der Waals surface area contributed by atoms with Gasteiger partial charge in [0.1, 0.15) is 0 Å². The minimum Gasteiger partial charge on any atom is -0.481 e. The molecule has 1 aromatic carbocycles. The van der Waals surface area contributed by atoms with Crippen molar-refractivity contribution >= 4 is 11.7 Å². The molecule has 28 heavy (non-hydrogen) atoms. The summed E-state index contributed by atoms with van der Waals surface area (Å²) in [5.74, 6) is 0.848. The van der Waals surface area contributed by atoms with Crippen molar-refractivity contribution < 1.29 is 13.9 Å². The lowest BCUT2D eigenvalue weighted by Crippen LogP contribution is -2.50. The Labute approximate surface area is 161 Å². The number of para-hydroxylation sites is 1. The molecule has 1 amide bonds. The largest absolute Gasteiger partial charge is 0.481 e. The van der Waals surface area contributed by atoms with Gasteiger partial charge < -0.3 is 14.5 Å². The van der Waals surface area contributed by atoms with Crippen LogP contribution in [0.4, 0.5) is 10.2 Å². The van der Waals surface area contributed by atoms with Gasteiger partial charge in [-0.1, -0.05) is 12.1 Å². The predicted molar refractivity (Wildman–Crippen MR) is 99.8 cm³/mol. The summed E-state index contributed by atoms with van der Waals surface area (Å²) in [4.78, 5) is 16.1. The fourth-order valence-electron chi connectivity index (χ4n) is 2.99. The number of benzene rings is 1. The van der Waals surface area contributed by atoms with E-state index in [1.807, 2.05) is 18.2 Å². The average molecular weight is 382 g/mol. The van der Waals surface area contributed by atoms with Crippen LogP contribution in [0.1, 0.15) is 0 Å². The molecule has 1 aliphatic heterocycles. The molecule has 0 N–H and O–H groups in total. The second-order valence-corrected chi connectivity index (χ2v) is 6.29. The van der Waals surface area contributed by atoms with Crippen LogP contribution >= 0.6 is 0 Å². The summed E-state index contributed by atoms with van der Waals surface area (Å²) in [7, 11) is 0. The van der Waals surface area contributed by atoms with Crippen LogP contribution in [-0.4, -0.2) is 63.6 Å². The molecule has 9 heteroatoms. The van der Waals surface area contributed by atoms with Crippen molar-refractivity contribution in [3.05, 3.63) is 60.7 Å². The van der Waals surface area contributed by atoms with E-state index in [-0.39, 0.29) is 18.3 Å². The summed E-state index contributed by atoms with van der Waals surface area (Å²) in [6.07, 6.45) is 3.49. The number of aromatic nitrogens is 4. The highest BCUT2D eigenvalue weighted by atomic mass is 19.1. The van der Waals surface area contributed by atoms with Crippen molar-refractivity contribution in [2.45, 2.75) is 0 Å². The highest BCUT2D eigenvalue weighted by Gasteiger charge is 2.22. The first kappa shape index (κ1) is 17.9. The number of halogens is 1. The van der Waals surface area contributed by atoms with E-state index in [4.69, 9.17) is 4.74 Å². The van der Waals surface area contributed by atoms with Gasteiger partial charge in [-0.05, 0) is 30.3 Å². The van der Waals surface area contributed by atoms with E-state index >= 15 is 0 Å². The highest BCUT2D eigenvalue weighted by Crippen LogP contribution is 2.17. The number of nitrogens with zero attached hydrogens (tertiary/aromatic N) is 6. The summed E-state index contributed by atoms with van der Waals surface area (Å²) in [6.45, 7) is 2.19. The number of amides is 1. The Kier molecular flexibility index (Phi) is 5.14. The maximum absolute atomic E-state index is 13.6. The molecule has 0 radical (unpaired) electrons. The van der Waals surface area contributed by atoms with Crippen LogP contribution in [-0.2, 0) is 4.79 Å². The molecule has 0 unspecified atom stereocenters. The quantitative estimate of drug-likeness (QED) is 0.666. The van der Waals surface area contributed by atoms with Crippen LogP contribution < -0.4 is 9.64 Å². The van der Waals surface area contributed by atoms with Crippen molar-refractivity contribution in [1.29, 1.82) is 0 Å². The number of piperazine rings is 1. The lowest BCUT2D eigenvalue weighted by Gasteiger charge is -2.35. The molecular formula is C19H19FN6O2. The Morgan fingerprint density at radius 3 is 2.43 bits per heavy atom. The summed E-state index contributed by atoms with van der Waals surface area (Å²) in [6, 6.07) is 11.6. The number of carbonyl (C=O) groups is 1. The van der Waals surface area contributed by atoms with Crippen molar-refractivity contribution in [3.8, 4) is 11.6 Å². The molecule has 2 aromatic heterocycles. The molecule has 1 saturated heterocycles. The topological polar surface area (TPSA) is 76.4 Å². The van der Waals surface area contributed by atoms with Gasteiger partial charge in [-0.25, -0.2) is 9.07 Å². The van der Waals surface area contributed by atoms with E-state index in [9.17, 15) is 9.18 Å². The lowest BCUT2D eigenvalue weighted by atomic mass is 10.3. The molecule has 1 aliphatic rings. The number of anilines is 1. The molecular weight excluding hydrogens is 363 g/mol. The summed E-state index contributed by atoms with van der Waals surface area (Å²) in [5, 5.41) is 12.6. The Balaban J connectivity index is 1.29. The first-order valence-electron chi connectivity index (χ1n) is 8.94. The van der Waals surface area contributed by atoms with E-state index in [1.165, 1.54) is 12.1 Å². The van der Waals surface area contributed by atoms with Crippen LogP contribution in [0.2, 0.25) is 0 Å². The summed E-state index contributed by atoms with van der Waals surface area (Å²) < 4.78 is 20.5. The van der Waals surface area contributed by atoms with Gasteiger partial charge in [-0.2, -0.15) is 5.10 Å². The van der Waals surface area contributed by atoms with Crippen LogP contribution in [0.5, 0.6) is 5.75 Å². The molecule has 0 spiro atoms. The third-order valence-electron chi connectivity index (χ3n) is 4.52. The summed E-state index contributed by atoms with van der Waals surface area (Å²) >= 11 is 0. The molecule has 0 saturated carbocycles. The fraction of sp³-hybridized carbons (Fsp3) is 0.263. The predicted octanol–water partition coefficient (Wildman–Crippen LogP) is 1.53. The third-order valence-corrected chi connectivity index (χ3v) is 4.52. The van der Waals surface area contributed by atoms with Crippen molar-refractivity contribution in [2.75, 3.05) is 37.7 Å². The number of hydrogen-bond donors (Lipinski definition) is 0. The lowest BCUT2D eigenvalue weighted by molar-refractivity contribution is -0.133. The minimum absolute atomic E-state index is 0.0852. The average Bonchev–Trinajstić information content (AvgIpc) is 3.28. The van der Waals surface area contributed by atoms with Gasteiger partial charge in [-0.3, -0.25) is 4.79 Å². The fourth-order valence-corrected chi connectivity index (χ4v) is 2.99. The Hall–Kier alpha value is -3.49. The monoisotopic (exact) mass is 382 g/mol. The van der Waals surface area contributed by atoms with Crippen LogP contribution in [0.15, 0.2) is 54.9 Å². The zero-order chi connectivity index (χ0) is 19.3. The third kappa shape index (κ3) is 3.93. The van der Waals surface area contributed by atoms with Crippen molar-refractivity contribution in [3.63, 3.8) is 0 Å². The normalized spacial score (nSPS) is 14.2. The van der Waals surface area contributed by atoms with Gasteiger partial charge in [0, 0.05) is 38.6 Å². The van der Waals surface area contributed by atoms with E-state index in [2.05, 4.69) is 20.2 Å². The molecule has 3 heterocycles. The van der Waals surface area contributed by atoms with Gasteiger partial charge in [0.05, 0.1) is 0 Å².